The molecule has 114 valence electrons. The van der Waals surface area contributed by atoms with E-state index in [9.17, 15) is 9.18 Å². The van der Waals surface area contributed by atoms with Gasteiger partial charge in [0.1, 0.15) is 11.4 Å². The first-order valence-electron chi connectivity index (χ1n) is 6.65. The van der Waals surface area contributed by atoms with Crippen molar-refractivity contribution < 1.29 is 13.9 Å². The Hall–Kier alpha value is -2.11. The molecule has 0 aliphatic carbocycles. The largest absolute Gasteiger partial charge is 0.464 e. The molecule has 0 aromatic heterocycles. The van der Waals surface area contributed by atoms with Gasteiger partial charge in [-0.2, -0.15) is 0 Å². The fraction of sp³-hybridized carbons (Fsp3) is 0.500. The van der Waals surface area contributed by atoms with E-state index >= 15 is 0 Å². The van der Waals surface area contributed by atoms with Crippen LogP contribution < -0.4 is 5.32 Å². The van der Waals surface area contributed by atoms with E-state index in [-0.39, 0.29) is 25.5 Å². The highest BCUT2D eigenvalue weighted by Crippen LogP contribution is 2.24. The second kappa shape index (κ2) is 7.61. The van der Waals surface area contributed by atoms with Gasteiger partial charge >= 0.3 is 5.97 Å². The highest BCUT2D eigenvalue weighted by Gasteiger charge is 2.36. The number of carbonyl (C=O) groups excluding carboxylic acids is 1. The lowest BCUT2D eigenvalue weighted by molar-refractivity contribution is -0.151. The van der Waals surface area contributed by atoms with Crippen LogP contribution in [-0.2, 0) is 15.1 Å². The van der Waals surface area contributed by atoms with E-state index in [4.69, 9.17) is 10.3 Å². The molecule has 21 heavy (non-hydrogen) atoms. The van der Waals surface area contributed by atoms with Crippen molar-refractivity contribution in [3.63, 3.8) is 0 Å². The van der Waals surface area contributed by atoms with Crippen LogP contribution in [0.5, 0.6) is 0 Å². The summed E-state index contributed by atoms with van der Waals surface area (Å²) < 4.78 is 18.8. The van der Waals surface area contributed by atoms with Gasteiger partial charge < -0.3 is 4.74 Å². The van der Waals surface area contributed by atoms with Crippen molar-refractivity contribution >= 4 is 5.97 Å². The van der Waals surface area contributed by atoms with Gasteiger partial charge in [0.05, 0.1) is 6.61 Å². The number of esters is 1. The van der Waals surface area contributed by atoms with E-state index in [1.54, 1.807) is 32.9 Å². The summed E-state index contributed by atoms with van der Waals surface area (Å²) in [6.45, 7) is 5.64. The third kappa shape index (κ3) is 4.18. The fourth-order valence-electron chi connectivity index (χ4n) is 1.87. The predicted octanol–water partition coefficient (Wildman–Crippen LogP) is 2.81. The maximum absolute atomic E-state index is 13.8. The second-order valence-corrected chi connectivity index (χ2v) is 4.69. The molecule has 0 saturated carbocycles. The number of rotatable bonds is 7. The molecule has 0 bridgehead atoms. The molecule has 1 rings (SSSR count). The summed E-state index contributed by atoms with van der Waals surface area (Å²) in [5.74, 6) is -0.894. The molecule has 1 aromatic rings. The second-order valence-electron chi connectivity index (χ2n) is 4.69. The van der Waals surface area contributed by atoms with Crippen molar-refractivity contribution in [1.29, 1.82) is 0 Å². The lowest BCUT2D eigenvalue weighted by atomic mass is 9.91. The minimum absolute atomic E-state index is 0.180. The van der Waals surface area contributed by atoms with E-state index in [0.29, 0.717) is 11.1 Å². The molecule has 0 radical (unpaired) electrons. The van der Waals surface area contributed by atoms with Gasteiger partial charge in [0.25, 0.3) is 0 Å². The quantitative estimate of drug-likeness (QED) is 0.276. The number of hydrogen-bond donors (Lipinski definition) is 1. The number of halogens is 1. The first kappa shape index (κ1) is 16.9. The Labute approximate surface area is 122 Å². The van der Waals surface area contributed by atoms with Gasteiger partial charge in [0.2, 0.25) is 0 Å². The summed E-state index contributed by atoms with van der Waals surface area (Å²) in [5.41, 5.74) is 8.03. The third-order valence-electron chi connectivity index (χ3n) is 3.19. The van der Waals surface area contributed by atoms with Crippen LogP contribution in [0, 0.1) is 12.7 Å². The van der Waals surface area contributed by atoms with Crippen LogP contribution >= 0.6 is 0 Å². The van der Waals surface area contributed by atoms with Gasteiger partial charge in [-0.15, -0.1) is 0 Å². The Morgan fingerprint density at radius 2 is 2.29 bits per heavy atom. The molecule has 0 amide bonds. The monoisotopic (exact) mass is 294 g/mol. The average molecular weight is 294 g/mol. The molecule has 1 atom stereocenters. The van der Waals surface area contributed by atoms with Crippen LogP contribution in [-0.4, -0.2) is 25.7 Å². The zero-order valence-electron chi connectivity index (χ0n) is 12.4. The molecule has 6 nitrogen and oxygen atoms in total. The molecule has 7 heteroatoms. The van der Waals surface area contributed by atoms with Crippen LogP contribution in [0.1, 0.15) is 25.0 Å². The molecule has 0 heterocycles. The molecule has 0 saturated heterocycles. The van der Waals surface area contributed by atoms with Crippen molar-refractivity contribution in [2.45, 2.75) is 26.3 Å². The van der Waals surface area contributed by atoms with Crippen LogP contribution in [0.25, 0.3) is 10.4 Å². The first-order valence-corrected chi connectivity index (χ1v) is 6.65. The summed E-state index contributed by atoms with van der Waals surface area (Å²) in [4.78, 5) is 14.9. The van der Waals surface area contributed by atoms with Crippen molar-refractivity contribution in [3.05, 3.63) is 45.6 Å². The highest BCUT2D eigenvalue weighted by molar-refractivity contribution is 5.82. The lowest BCUT2D eigenvalue weighted by Crippen LogP contribution is -2.48. The molecule has 0 aliphatic rings. The van der Waals surface area contributed by atoms with Gasteiger partial charge in [-0.1, -0.05) is 17.2 Å². The molecule has 0 fully saturated rings. The van der Waals surface area contributed by atoms with E-state index in [2.05, 4.69) is 15.3 Å². The number of hydrogen-bond acceptors (Lipinski definition) is 4. The topological polar surface area (TPSA) is 87.1 Å². The van der Waals surface area contributed by atoms with Gasteiger partial charge in [0.15, 0.2) is 0 Å². The van der Waals surface area contributed by atoms with Crippen molar-refractivity contribution in [3.8, 4) is 0 Å². The highest BCUT2D eigenvalue weighted by atomic mass is 19.1. The van der Waals surface area contributed by atoms with Crippen molar-refractivity contribution in [1.82, 2.24) is 5.32 Å². The fourth-order valence-corrected chi connectivity index (χ4v) is 1.87. The third-order valence-corrected chi connectivity index (χ3v) is 3.19. The predicted molar refractivity (Wildman–Crippen MR) is 77.1 cm³/mol. The molecule has 1 aromatic carbocycles. The molecule has 0 aliphatic heterocycles. The minimum atomic E-state index is -1.20. The number of nitrogens with zero attached hydrogens (tertiary/aromatic N) is 3. The lowest BCUT2D eigenvalue weighted by Gasteiger charge is -2.29. The zero-order valence-corrected chi connectivity index (χ0v) is 12.4. The molecular weight excluding hydrogens is 275 g/mol. The Morgan fingerprint density at radius 1 is 1.57 bits per heavy atom. The number of azide groups is 1. The van der Waals surface area contributed by atoms with Gasteiger partial charge in [-0.25, -0.2) is 9.18 Å². The standard InChI is InChI=1S/C14H19FN4O2/c1-4-21-13(20)14(3,17-7-8-18-19-16)11-6-5-10(2)12(15)9-11/h5-6,9,17H,4,7-8H2,1-3H3. The minimum Gasteiger partial charge on any atom is -0.464 e. The smallest absolute Gasteiger partial charge is 0.330 e. The number of carbonyl (C=O) groups is 1. The van der Waals surface area contributed by atoms with Crippen LogP contribution in [0.3, 0.4) is 0 Å². The number of nitrogens with one attached hydrogen (secondary N) is 1. The van der Waals surface area contributed by atoms with Crippen LogP contribution in [0.4, 0.5) is 4.39 Å². The number of ether oxygens (including phenoxy) is 1. The van der Waals surface area contributed by atoms with E-state index in [1.807, 2.05) is 0 Å². The Kier molecular flexibility index (Phi) is 6.14. The van der Waals surface area contributed by atoms with Crippen LogP contribution in [0.15, 0.2) is 23.3 Å². The van der Waals surface area contributed by atoms with Crippen molar-refractivity contribution in [2.75, 3.05) is 19.7 Å². The number of benzene rings is 1. The first-order chi connectivity index (χ1) is 9.95. The summed E-state index contributed by atoms with van der Waals surface area (Å²) in [6, 6.07) is 4.60. The maximum Gasteiger partial charge on any atom is 0.330 e. The van der Waals surface area contributed by atoms with E-state index in [0.717, 1.165) is 0 Å². The normalized spacial score (nSPS) is 13.1. The van der Waals surface area contributed by atoms with Crippen molar-refractivity contribution in [2.24, 2.45) is 5.11 Å². The Morgan fingerprint density at radius 3 is 2.86 bits per heavy atom. The van der Waals surface area contributed by atoms with Gasteiger partial charge in [-0.05, 0) is 43.5 Å². The average Bonchev–Trinajstić information content (AvgIpc) is 2.46. The summed E-state index contributed by atoms with van der Waals surface area (Å²) in [6.07, 6.45) is 0. The van der Waals surface area contributed by atoms with Gasteiger partial charge in [0, 0.05) is 18.0 Å². The molecule has 0 spiro atoms. The molecular formula is C14H19FN4O2. The molecule has 1 N–H and O–H groups in total. The number of aryl methyl sites for hydroxylation is 1. The summed E-state index contributed by atoms with van der Waals surface area (Å²) in [5, 5.41) is 6.37. The van der Waals surface area contributed by atoms with Gasteiger partial charge in [-0.3, -0.25) is 5.32 Å². The Bertz CT molecular complexity index is 558. The maximum atomic E-state index is 13.8. The SMILES string of the molecule is CCOC(=O)C(C)(NCCN=[N+]=[N-])c1ccc(C)c(F)c1. The Balaban J connectivity index is 3.07. The van der Waals surface area contributed by atoms with E-state index < -0.39 is 11.5 Å². The summed E-state index contributed by atoms with van der Waals surface area (Å²) in [7, 11) is 0. The zero-order chi connectivity index (χ0) is 15.9. The van der Waals surface area contributed by atoms with E-state index in [1.165, 1.54) is 6.07 Å². The molecule has 1 unspecified atom stereocenters. The summed E-state index contributed by atoms with van der Waals surface area (Å²) >= 11 is 0. The van der Waals surface area contributed by atoms with Crippen LogP contribution in [0.2, 0.25) is 0 Å².